The summed E-state index contributed by atoms with van der Waals surface area (Å²) in [5.41, 5.74) is 1.73. The molecule has 2 aromatic rings. The Morgan fingerprint density at radius 2 is 2.04 bits per heavy atom. The Morgan fingerprint density at radius 1 is 1.26 bits per heavy atom. The van der Waals surface area contributed by atoms with Crippen LogP contribution in [0, 0.1) is 25.7 Å². The standard InChI is InChI=1S/C19H27N5O3/c1-11-6-5-7-15(14(11)4)21-17(25)10-27-18(26)9-16-22-19-20-12(2)8-13(3)24(19)23-16/h8,11,14-15H,5-7,9-10H2,1-4H3,(H,21,25). The average molecular weight is 373 g/mol. The van der Waals surface area contributed by atoms with E-state index in [1.807, 2.05) is 19.9 Å². The van der Waals surface area contributed by atoms with Crippen LogP contribution in [0.15, 0.2) is 6.07 Å². The summed E-state index contributed by atoms with van der Waals surface area (Å²) in [6.45, 7) is 7.87. The second-order valence-electron chi connectivity index (χ2n) is 7.56. The van der Waals surface area contributed by atoms with Gasteiger partial charge in [0.25, 0.3) is 11.7 Å². The number of hydrogen-bond acceptors (Lipinski definition) is 6. The Morgan fingerprint density at radius 3 is 2.81 bits per heavy atom. The second-order valence-corrected chi connectivity index (χ2v) is 7.56. The van der Waals surface area contributed by atoms with Crippen molar-refractivity contribution in [3.8, 4) is 0 Å². The Hall–Kier alpha value is -2.51. The highest BCUT2D eigenvalue weighted by Crippen LogP contribution is 2.29. The quantitative estimate of drug-likeness (QED) is 0.802. The van der Waals surface area contributed by atoms with Crippen LogP contribution in [0.2, 0.25) is 0 Å². The molecule has 3 unspecified atom stereocenters. The maximum atomic E-state index is 12.1. The zero-order chi connectivity index (χ0) is 19.6. The van der Waals surface area contributed by atoms with Gasteiger partial charge < -0.3 is 10.1 Å². The SMILES string of the molecule is Cc1cc(C)n2nc(CC(=O)OCC(=O)NC3CCCC(C)C3C)nc2n1. The van der Waals surface area contributed by atoms with Crippen molar-refractivity contribution in [2.24, 2.45) is 11.8 Å². The molecular weight excluding hydrogens is 346 g/mol. The summed E-state index contributed by atoms with van der Waals surface area (Å²) in [4.78, 5) is 32.7. The number of carbonyl (C=O) groups excluding carboxylic acids is 2. The smallest absolute Gasteiger partial charge is 0.314 e. The molecule has 3 atom stereocenters. The number of ether oxygens (including phenoxy) is 1. The molecule has 146 valence electrons. The van der Waals surface area contributed by atoms with Crippen LogP contribution < -0.4 is 5.32 Å². The van der Waals surface area contributed by atoms with Crippen LogP contribution in [0.3, 0.4) is 0 Å². The molecule has 1 fully saturated rings. The minimum atomic E-state index is -0.527. The van der Waals surface area contributed by atoms with E-state index >= 15 is 0 Å². The molecule has 1 N–H and O–H groups in total. The molecule has 27 heavy (non-hydrogen) atoms. The molecule has 0 saturated heterocycles. The van der Waals surface area contributed by atoms with E-state index in [0.717, 1.165) is 24.2 Å². The first kappa shape index (κ1) is 19.3. The van der Waals surface area contributed by atoms with Gasteiger partial charge in [0.2, 0.25) is 0 Å². The number of fused-ring (bicyclic) bond motifs is 1. The van der Waals surface area contributed by atoms with Crippen molar-refractivity contribution in [3.63, 3.8) is 0 Å². The number of aromatic nitrogens is 4. The van der Waals surface area contributed by atoms with Crippen LogP contribution in [0.5, 0.6) is 0 Å². The predicted molar refractivity (Wildman–Crippen MR) is 99.0 cm³/mol. The minimum absolute atomic E-state index is 0.0913. The summed E-state index contributed by atoms with van der Waals surface area (Å²) in [5.74, 6) is 1.02. The third kappa shape index (κ3) is 4.61. The first-order valence-corrected chi connectivity index (χ1v) is 9.48. The minimum Gasteiger partial charge on any atom is -0.455 e. The van der Waals surface area contributed by atoms with Crippen molar-refractivity contribution in [2.75, 3.05) is 6.61 Å². The number of amides is 1. The van der Waals surface area contributed by atoms with Gasteiger partial charge in [-0.15, -0.1) is 5.10 Å². The van der Waals surface area contributed by atoms with Gasteiger partial charge in [-0.25, -0.2) is 9.50 Å². The van der Waals surface area contributed by atoms with E-state index in [1.165, 1.54) is 6.42 Å². The average Bonchev–Trinajstić information content (AvgIpc) is 3.00. The lowest BCUT2D eigenvalue weighted by Crippen LogP contribution is -2.45. The van der Waals surface area contributed by atoms with Gasteiger partial charge >= 0.3 is 5.97 Å². The van der Waals surface area contributed by atoms with E-state index in [1.54, 1.807) is 4.52 Å². The topological polar surface area (TPSA) is 98.5 Å². The summed E-state index contributed by atoms with van der Waals surface area (Å²) in [5, 5.41) is 7.27. The molecule has 2 heterocycles. The molecule has 0 radical (unpaired) electrons. The fourth-order valence-electron chi connectivity index (χ4n) is 3.64. The van der Waals surface area contributed by atoms with Crippen LogP contribution in [-0.4, -0.2) is 44.1 Å². The van der Waals surface area contributed by atoms with Crippen LogP contribution in [0.25, 0.3) is 5.78 Å². The first-order chi connectivity index (χ1) is 12.8. The fraction of sp³-hybridized carbons (Fsp3) is 0.632. The van der Waals surface area contributed by atoms with Crippen molar-refractivity contribution in [1.29, 1.82) is 0 Å². The maximum absolute atomic E-state index is 12.1. The molecule has 1 aliphatic rings. The van der Waals surface area contributed by atoms with Crippen LogP contribution in [0.4, 0.5) is 0 Å². The molecule has 0 bridgehead atoms. The molecule has 1 aliphatic carbocycles. The Kier molecular flexibility index (Phi) is 5.72. The predicted octanol–water partition coefficient (Wildman–Crippen LogP) is 1.77. The molecule has 0 spiro atoms. The van der Waals surface area contributed by atoms with Crippen LogP contribution >= 0.6 is 0 Å². The number of nitrogens with one attached hydrogen (secondary N) is 1. The normalized spacial score (nSPS) is 22.6. The summed E-state index contributed by atoms with van der Waals surface area (Å²) >= 11 is 0. The Balaban J connectivity index is 1.51. The third-order valence-electron chi connectivity index (χ3n) is 5.38. The van der Waals surface area contributed by atoms with Crippen molar-refractivity contribution in [1.82, 2.24) is 24.9 Å². The second kappa shape index (κ2) is 8.02. The Labute approximate surface area is 158 Å². The highest BCUT2D eigenvalue weighted by molar-refractivity contribution is 5.81. The van der Waals surface area contributed by atoms with E-state index in [0.29, 0.717) is 23.4 Å². The van der Waals surface area contributed by atoms with Gasteiger partial charge in [-0.1, -0.05) is 26.7 Å². The lowest BCUT2D eigenvalue weighted by Gasteiger charge is -2.34. The summed E-state index contributed by atoms with van der Waals surface area (Å²) in [6, 6.07) is 2.04. The number of rotatable bonds is 5. The molecule has 1 amide bonds. The lowest BCUT2D eigenvalue weighted by atomic mass is 9.78. The van der Waals surface area contributed by atoms with E-state index in [2.05, 4.69) is 34.2 Å². The molecule has 1 saturated carbocycles. The number of esters is 1. The molecule has 0 aliphatic heterocycles. The van der Waals surface area contributed by atoms with Gasteiger partial charge in [0.15, 0.2) is 12.4 Å². The van der Waals surface area contributed by atoms with Crippen molar-refractivity contribution < 1.29 is 14.3 Å². The van der Waals surface area contributed by atoms with Crippen molar-refractivity contribution in [3.05, 3.63) is 23.3 Å². The molecule has 8 heteroatoms. The van der Waals surface area contributed by atoms with Gasteiger partial charge in [0, 0.05) is 17.4 Å². The van der Waals surface area contributed by atoms with Gasteiger partial charge in [0.05, 0.1) is 0 Å². The first-order valence-electron chi connectivity index (χ1n) is 9.48. The third-order valence-corrected chi connectivity index (χ3v) is 5.38. The molecule has 2 aromatic heterocycles. The van der Waals surface area contributed by atoms with Gasteiger partial charge in [-0.2, -0.15) is 4.98 Å². The highest BCUT2D eigenvalue weighted by Gasteiger charge is 2.28. The van der Waals surface area contributed by atoms with Gasteiger partial charge in [-0.3, -0.25) is 9.59 Å². The van der Waals surface area contributed by atoms with Crippen LogP contribution in [0.1, 0.15) is 50.3 Å². The number of hydrogen-bond donors (Lipinski definition) is 1. The largest absolute Gasteiger partial charge is 0.455 e. The lowest BCUT2D eigenvalue weighted by molar-refractivity contribution is -0.148. The molecular formula is C19H27N5O3. The van der Waals surface area contributed by atoms with Crippen molar-refractivity contribution >= 4 is 17.7 Å². The monoisotopic (exact) mass is 373 g/mol. The zero-order valence-electron chi connectivity index (χ0n) is 16.4. The Bertz CT molecular complexity index is 847. The number of nitrogens with zero attached hydrogens (tertiary/aromatic N) is 4. The van der Waals surface area contributed by atoms with Crippen molar-refractivity contribution in [2.45, 2.75) is 59.4 Å². The molecule has 0 aromatic carbocycles. The number of aryl methyl sites for hydroxylation is 2. The van der Waals surface area contributed by atoms with Gasteiger partial charge in [-0.05, 0) is 38.2 Å². The van der Waals surface area contributed by atoms with E-state index in [4.69, 9.17) is 4.74 Å². The summed E-state index contributed by atoms with van der Waals surface area (Å²) in [6.07, 6.45) is 3.19. The van der Waals surface area contributed by atoms with Crippen LogP contribution in [-0.2, 0) is 20.7 Å². The molecule has 3 rings (SSSR count). The highest BCUT2D eigenvalue weighted by atomic mass is 16.5. The van der Waals surface area contributed by atoms with Gasteiger partial charge in [0.1, 0.15) is 6.42 Å². The fourth-order valence-corrected chi connectivity index (χ4v) is 3.64. The number of carbonyl (C=O) groups is 2. The molecule has 8 nitrogen and oxygen atoms in total. The summed E-state index contributed by atoms with van der Waals surface area (Å²) < 4.78 is 6.69. The van der Waals surface area contributed by atoms with E-state index in [9.17, 15) is 9.59 Å². The van der Waals surface area contributed by atoms with E-state index < -0.39 is 5.97 Å². The maximum Gasteiger partial charge on any atom is 0.314 e. The summed E-state index contributed by atoms with van der Waals surface area (Å²) in [7, 11) is 0. The zero-order valence-corrected chi connectivity index (χ0v) is 16.4. The van der Waals surface area contributed by atoms with E-state index in [-0.39, 0.29) is 25.0 Å².